The Bertz CT molecular complexity index is 427. The van der Waals surface area contributed by atoms with Crippen LogP contribution in [-0.4, -0.2) is 42.9 Å². The number of rotatable bonds is 6. The molecule has 1 aromatic heterocycles. The Morgan fingerprint density at radius 3 is 3.05 bits per heavy atom. The Balaban J connectivity index is 2.15. The molecule has 1 fully saturated rings. The van der Waals surface area contributed by atoms with Gasteiger partial charge in [0.1, 0.15) is 18.2 Å². The third kappa shape index (κ3) is 3.78. The second-order valence-electron chi connectivity index (χ2n) is 4.77. The number of piperidine rings is 1. The molecule has 0 radical (unpaired) electrons. The lowest BCUT2D eigenvalue weighted by Gasteiger charge is -2.33. The molecule has 0 saturated carbocycles. The van der Waals surface area contributed by atoms with Crippen LogP contribution in [0.15, 0.2) is 6.07 Å². The summed E-state index contributed by atoms with van der Waals surface area (Å²) in [6, 6.07) is 1.85. The third-order valence-corrected chi connectivity index (χ3v) is 3.28. The van der Waals surface area contributed by atoms with Crippen LogP contribution in [0.3, 0.4) is 0 Å². The van der Waals surface area contributed by atoms with Crippen LogP contribution in [0.5, 0.6) is 0 Å². The van der Waals surface area contributed by atoms with E-state index < -0.39 is 0 Å². The van der Waals surface area contributed by atoms with E-state index in [1.165, 1.54) is 0 Å². The van der Waals surface area contributed by atoms with Gasteiger partial charge in [-0.25, -0.2) is 15.8 Å². The molecule has 1 atom stereocenters. The SMILES string of the molecule is CCOC1CCCN(c2cc(NN)nc(COC)n2)C1. The Morgan fingerprint density at radius 1 is 1.50 bits per heavy atom. The fourth-order valence-corrected chi connectivity index (χ4v) is 2.43. The van der Waals surface area contributed by atoms with Crippen molar-refractivity contribution in [3.8, 4) is 0 Å². The molecule has 20 heavy (non-hydrogen) atoms. The molecule has 2 heterocycles. The summed E-state index contributed by atoms with van der Waals surface area (Å²) in [6.45, 7) is 4.95. The summed E-state index contributed by atoms with van der Waals surface area (Å²) in [7, 11) is 1.62. The second-order valence-corrected chi connectivity index (χ2v) is 4.77. The highest BCUT2D eigenvalue weighted by Gasteiger charge is 2.22. The zero-order valence-corrected chi connectivity index (χ0v) is 12.1. The maximum atomic E-state index is 5.72. The summed E-state index contributed by atoms with van der Waals surface area (Å²) in [5.74, 6) is 7.55. The lowest BCUT2D eigenvalue weighted by atomic mass is 10.1. The van der Waals surface area contributed by atoms with E-state index >= 15 is 0 Å². The van der Waals surface area contributed by atoms with Gasteiger partial charge in [-0.05, 0) is 19.8 Å². The summed E-state index contributed by atoms with van der Waals surface area (Å²) in [5.41, 5.74) is 2.58. The number of hydrogen-bond donors (Lipinski definition) is 2. The van der Waals surface area contributed by atoms with Crippen molar-refractivity contribution >= 4 is 11.6 Å². The van der Waals surface area contributed by atoms with Crippen molar-refractivity contribution in [1.82, 2.24) is 9.97 Å². The minimum Gasteiger partial charge on any atom is -0.377 e. The van der Waals surface area contributed by atoms with E-state index in [0.717, 1.165) is 38.4 Å². The van der Waals surface area contributed by atoms with Crippen LogP contribution in [0.25, 0.3) is 0 Å². The zero-order chi connectivity index (χ0) is 14.4. The second kappa shape index (κ2) is 7.37. The van der Waals surface area contributed by atoms with Gasteiger partial charge in [-0.15, -0.1) is 0 Å². The lowest BCUT2D eigenvalue weighted by molar-refractivity contribution is 0.0525. The molecule has 1 aromatic rings. The van der Waals surface area contributed by atoms with Crippen LogP contribution in [-0.2, 0) is 16.1 Å². The molecule has 0 bridgehead atoms. The molecule has 2 rings (SSSR count). The van der Waals surface area contributed by atoms with Gasteiger partial charge in [-0.3, -0.25) is 0 Å². The highest BCUT2D eigenvalue weighted by molar-refractivity contribution is 5.49. The molecule has 1 aliphatic rings. The van der Waals surface area contributed by atoms with Gasteiger partial charge in [0, 0.05) is 32.9 Å². The molecule has 0 amide bonds. The van der Waals surface area contributed by atoms with Crippen LogP contribution in [0.4, 0.5) is 11.6 Å². The molecule has 0 aliphatic carbocycles. The van der Waals surface area contributed by atoms with Gasteiger partial charge in [0.2, 0.25) is 0 Å². The highest BCUT2D eigenvalue weighted by Crippen LogP contribution is 2.21. The van der Waals surface area contributed by atoms with E-state index in [9.17, 15) is 0 Å². The van der Waals surface area contributed by atoms with Crippen molar-refractivity contribution in [2.24, 2.45) is 5.84 Å². The first kappa shape index (κ1) is 15.0. The van der Waals surface area contributed by atoms with Gasteiger partial charge >= 0.3 is 0 Å². The molecule has 7 nitrogen and oxygen atoms in total. The standard InChI is InChI=1S/C13H23N5O2/c1-3-20-10-5-4-6-18(8-10)13-7-11(17-14)15-12(16-13)9-19-2/h7,10H,3-6,8-9,14H2,1-2H3,(H,15,16,17). The summed E-state index contributed by atoms with van der Waals surface area (Å²) < 4.78 is 10.8. The normalized spacial score (nSPS) is 19.1. The molecule has 1 unspecified atom stereocenters. The Morgan fingerprint density at radius 2 is 2.35 bits per heavy atom. The van der Waals surface area contributed by atoms with Crippen molar-refractivity contribution in [3.63, 3.8) is 0 Å². The number of nitrogens with two attached hydrogens (primary N) is 1. The van der Waals surface area contributed by atoms with E-state index in [-0.39, 0.29) is 6.10 Å². The third-order valence-electron chi connectivity index (χ3n) is 3.28. The summed E-state index contributed by atoms with van der Waals surface area (Å²) in [6.07, 6.45) is 2.46. The van der Waals surface area contributed by atoms with E-state index in [1.807, 2.05) is 13.0 Å². The number of aromatic nitrogens is 2. The quantitative estimate of drug-likeness (QED) is 0.592. The van der Waals surface area contributed by atoms with Gasteiger partial charge in [0.15, 0.2) is 5.82 Å². The van der Waals surface area contributed by atoms with Crippen molar-refractivity contribution in [1.29, 1.82) is 0 Å². The first-order valence-electron chi connectivity index (χ1n) is 6.96. The largest absolute Gasteiger partial charge is 0.377 e. The van der Waals surface area contributed by atoms with Gasteiger partial charge in [-0.2, -0.15) is 0 Å². The van der Waals surface area contributed by atoms with Gasteiger partial charge in [0.25, 0.3) is 0 Å². The Kier molecular flexibility index (Phi) is 5.51. The number of hydrogen-bond acceptors (Lipinski definition) is 7. The molecule has 7 heteroatoms. The number of anilines is 2. The topological polar surface area (TPSA) is 85.5 Å². The first-order chi connectivity index (χ1) is 9.76. The molecular formula is C13H23N5O2. The molecular weight excluding hydrogens is 258 g/mol. The van der Waals surface area contributed by atoms with Crippen molar-refractivity contribution in [3.05, 3.63) is 11.9 Å². The number of hydrazine groups is 1. The van der Waals surface area contributed by atoms with Crippen LogP contribution in [0.2, 0.25) is 0 Å². The van der Waals surface area contributed by atoms with E-state index in [1.54, 1.807) is 7.11 Å². The number of nitrogen functional groups attached to an aromatic ring is 1. The summed E-state index contributed by atoms with van der Waals surface area (Å²) in [4.78, 5) is 11.0. The Hall–Kier alpha value is -1.44. The van der Waals surface area contributed by atoms with E-state index in [0.29, 0.717) is 18.2 Å². The minimum absolute atomic E-state index is 0.267. The van der Waals surface area contributed by atoms with Crippen LogP contribution in [0, 0.1) is 0 Å². The molecule has 112 valence electrons. The average Bonchev–Trinajstić information content (AvgIpc) is 2.48. The van der Waals surface area contributed by atoms with Crippen LogP contribution >= 0.6 is 0 Å². The zero-order valence-electron chi connectivity index (χ0n) is 12.1. The fraction of sp³-hybridized carbons (Fsp3) is 0.692. The lowest BCUT2D eigenvalue weighted by Crippen LogP contribution is -2.40. The molecule has 1 aliphatic heterocycles. The smallest absolute Gasteiger partial charge is 0.158 e. The van der Waals surface area contributed by atoms with E-state index in [4.69, 9.17) is 15.3 Å². The average molecular weight is 281 g/mol. The van der Waals surface area contributed by atoms with Gasteiger partial charge in [-0.1, -0.05) is 0 Å². The predicted molar refractivity (Wildman–Crippen MR) is 77.4 cm³/mol. The maximum Gasteiger partial charge on any atom is 0.158 e. The monoisotopic (exact) mass is 281 g/mol. The van der Waals surface area contributed by atoms with E-state index in [2.05, 4.69) is 20.3 Å². The predicted octanol–water partition coefficient (Wildman–Crippen LogP) is 0.914. The number of ether oxygens (including phenoxy) is 2. The first-order valence-corrected chi connectivity index (χ1v) is 6.96. The highest BCUT2D eigenvalue weighted by atomic mass is 16.5. The maximum absolute atomic E-state index is 5.72. The van der Waals surface area contributed by atoms with Crippen molar-refractivity contribution in [2.45, 2.75) is 32.5 Å². The number of nitrogens with zero attached hydrogens (tertiary/aromatic N) is 3. The summed E-state index contributed by atoms with van der Waals surface area (Å²) in [5, 5.41) is 0. The molecule has 0 aromatic carbocycles. The fourth-order valence-electron chi connectivity index (χ4n) is 2.43. The van der Waals surface area contributed by atoms with Crippen molar-refractivity contribution < 1.29 is 9.47 Å². The number of methoxy groups -OCH3 is 1. The van der Waals surface area contributed by atoms with Crippen LogP contribution < -0.4 is 16.2 Å². The molecule has 1 saturated heterocycles. The molecule has 3 N–H and O–H groups in total. The van der Waals surface area contributed by atoms with Crippen LogP contribution in [0.1, 0.15) is 25.6 Å². The van der Waals surface area contributed by atoms with Gasteiger partial charge < -0.3 is 19.8 Å². The number of nitrogens with one attached hydrogen (secondary N) is 1. The Labute approximate surface area is 119 Å². The minimum atomic E-state index is 0.267. The van der Waals surface area contributed by atoms with Gasteiger partial charge in [0.05, 0.1) is 6.10 Å². The summed E-state index contributed by atoms with van der Waals surface area (Å²) >= 11 is 0. The molecule has 0 spiro atoms. The van der Waals surface area contributed by atoms with Crippen molar-refractivity contribution in [2.75, 3.05) is 37.1 Å².